The zero-order valence-corrected chi connectivity index (χ0v) is 17.4. The molecule has 0 aliphatic carbocycles. The normalized spacial score (nSPS) is 14.4. The quantitative estimate of drug-likeness (QED) is 0.631. The number of hydrogen-bond donors (Lipinski definition) is 0. The van der Waals surface area contributed by atoms with Crippen molar-refractivity contribution >= 4 is 48.9 Å². The Labute approximate surface area is 171 Å². The molecule has 2 amide bonds. The van der Waals surface area contributed by atoms with Gasteiger partial charge in [0.2, 0.25) is 5.91 Å². The van der Waals surface area contributed by atoms with Gasteiger partial charge in [0.05, 0.1) is 10.2 Å². The van der Waals surface area contributed by atoms with Crippen molar-refractivity contribution in [3.8, 4) is 0 Å². The summed E-state index contributed by atoms with van der Waals surface area (Å²) < 4.78 is 27.6. The van der Waals surface area contributed by atoms with Crippen molar-refractivity contribution in [1.29, 1.82) is 0 Å². The molecule has 0 atom stereocenters. The number of carbonyl (C=O) groups excluding carboxylic acids is 2. The fourth-order valence-corrected chi connectivity index (χ4v) is 5.54. The summed E-state index contributed by atoms with van der Waals surface area (Å²) >= 11 is 1.31. The number of nitrogens with zero attached hydrogens (tertiary/aromatic N) is 3. The minimum absolute atomic E-state index is 0.422. The van der Waals surface area contributed by atoms with Gasteiger partial charge in [-0.3, -0.25) is 9.59 Å². The van der Waals surface area contributed by atoms with E-state index < -0.39 is 33.2 Å². The predicted molar refractivity (Wildman–Crippen MR) is 113 cm³/mol. The van der Waals surface area contributed by atoms with Crippen LogP contribution in [0.3, 0.4) is 0 Å². The highest BCUT2D eigenvalue weighted by Gasteiger charge is 2.29. The van der Waals surface area contributed by atoms with E-state index in [1.54, 1.807) is 17.7 Å². The van der Waals surface area contributed by atoms with Crippen molar-refractivity contribution in [2.24, 2.45) is 12.0 Å². The number of hydrogen-bond acceptors (Lipinski definition) is 5. The minimum atomic E-state index is -3.92. The maximum atomic E-state index is 12.5. The number of para-hydroxylation sites is 2. The summed E-state index contributed by atoms with van der Waals surface area (Å²) in [5.41, 5.74) is 2.66. The monoisotopic (exact) mass is 429 g/mol. The van der Waals surface area contributed by atoms with Gasteiger partial charge in [-0.25, -0.2) is 8.42 Å². The molecule has 9 heteroatoms. The Hall–Kier alpha value is -2.78. The van der Waals surface area contributed by atoms with Gasteiger partial charge in [0.15, 0.2) is 14.6 Å². The highest BCUT2D eigenvalue weighted by atomic mass is 32.2. The highest BCUT2D eigenvalue weighted by molar-refractivity contribution is 7.92. The highest BCUT2D eigenvalue weighted by Crippen LogP contribution is 2.27. The molecule has 0 N–H and O–H groups in total. The molecule has 0 unspecified atom stereocenters. The molecule has 2 heterocycles. The van der Waals surface area contributed by atoms with Gasteiger partial charge in [0, 0.05) is 19.3 Å². The van der Waals surface area contributed by atoms with E-state index in [0.29, 0.717) is 17.8 Å². The smallest absolute Gasteiger partial charge is 0.263 e. The Morgan fingerprint density at radius 1 is 1.07 bits per heavy atom. The van der Waals surface area contributed by atoms with Crippen molar-refractivity contribution in [3.63, 3.8) is 0 Å². The summed E-state index contributed by atoms with van der Waals surface area (Å²) in [4.78, 5) is 30.7. The molecular formula is C20H19N3O4S2. The minimum Gasteiger partial charge on any atom is -0.319 e. The molecule has 4 rings (SSSR count). The van der Waals surface area contributed by atoms with Crippen molar-refractivity contribution in [2.45, 2.75) is 6.42 Å². The lowest BCUT2D eigenvalue weighted by atomic mass is 10.2. The lowest BCUT2D eigenvalue weighted by molar-refractivity contribution is -0.116. The Morgan fingerprint density at radius 2 is 1.79 bits per heavy atom. The van der Waals surface area contributed by atoms with E-state index in [9.17, 15) is 18.0 Å². The Balaban J connectivity index is 1.49. The number of thiazole rings is 1. The zero-order valence-electron chi connectivity index (χ0n) is 15.7. The number of amides is 2. The van der Waals surface area contributed by atoms with Crippen LogP contribution in [0.2, 0.25) is 0 Å². The standard InChI is InChI=1S/C20H19N3O4S2/c1-22-16-8-4-5-9-17(16)28-20(22)21-18(24)12-29(26,27)13-19(25)23-11-10-14-6-2-3-7-15(14)23/h2-9H,10-13H2,1H3. The van der Waals surface area contributed by atoms with Gasteiger partial charge < -0.3 is 9.47 Å². The van der Waals surface area contributed by atoms with E-state index in [0.717, 1.165) is 21.5 Å². The van der Waals surface area contributed by atoms with Gasteiger partial charge in [-0.05, 0) is 30.2 Å². The molecule has 0 saturated heterocycles. The summed E-state index contributed by atoms with van der Waals surface area (Å²) in [7, 11) is -2.15. The first kappa shape index (κ1) is 19.5. The second-order valence-corrected chi connectivity index (χ2v) is 9.95. The van der Waals surface area contributed by atoms with Gasteiger partial charge in [0.1, 0.15) is 11.5 Å². The first-order chi connectivity index (χ1) is 13.8. The average Bonchev–Trinajstić information content (AvgIpc) is 3.23. The molecule has 7 nitrogen and oxygen atoms in total. The number of fused-ring (bicyclic) bond motifs is 2. The van der Waals surface area contributed by atoms with Crippen molar-refractivity contribution in [1.82, 2.24) is 4.57 Å². The number of anilines is 1. The van der Waals surface area contributed by atoms with Gasteiger partial charge in [0.25, 0.3) is 5.91 Å². The van der Waals surface area contributed by atoms with Crippen LogP contribution in [0.25, 0.3) is 10.2 Å². The van der Waals surface area contributed by atoms with Gasteiger partial charge in [-0.2, -0.15) is 4.99 Å². The summed E-state index contributed by atoms with van der Waals surface area (Å²) in [6, 6.07) is 15.0. The molecule has 0 saturated carbocycles. The Morgan fingerprint density at radius 3 is 2.59 bits per heavy atom. The lowest BCUT2D eigenvalue weighted by Crippen LogP contribution is -2.36. The molecule has 0 radical (unpaired) electrons. The summed E-state index contributed by atoms with van der Waals surface area (Å²) in [5, 5.41) is 0. The largest absolute Gasteiger partial charge is 0.319 e. The Kier molecular flexibility index (Phi) is 5.10. The summed E-state index contributed by atoms with van der Waals surface area (Å²) in [6.07, 6.45) is 0.693. The van der Waals surface area contributed by atoms with E-state index in [1.807, 2.05) is 42.5 Å². The van der Waals surface area contributed by atoms with E-state index in [2.05, 4.69) is 4.99 Å². The first-order valence-corrected chi connectivity index (χ1v) is 11.7. The molecule has 3 aromatic rings. The Bertz CT molecular complexity index is 1290. The number of aromatic nitrogens is 1. The third-order valence-electron chi connectivity index (χ3n) is 4.81. The van der Waals surface area contributed by atoms with Crippen molar-refractivity contribution in [2.75, 3.05) is 23.0 Å². The van der Waals surface area contributed by atoms with Gasteiger partial charge >= 0.3 is 0 Å². The van der Waals surface area contributed by atoms with E-state index in [-0.39, 0.29) is 0 Å². The van der Waals surface area contributed by atoms with Crippen LogP contribution in [0.4, 0.5) is 5.69 Å². The molecule has 150 valence electrons. The topological polar surface area (TPSA) is 88.8 Å². The molecule has 2 aromatic carbocycles. The molecule has 0 bridgehead atoms. The van der Waals surface area contributed by atoms with Crippen LogP contribution in [0.5, 0.6) is 0 Å². The molecule has 1 aliphatic rings. The third-order valence-corrected chi connectivity index (χ3v) is 7.30. The summed E-state index contributed by atoms with van der Waals surface area (Å²) in [6.45, 7) is 0.448. The second kappa shape index (κ2) is 7.57. The molecular weight excluding hydrogens is 410 g/mol. The molecule has 1 aliphatic heterocycles. The zero-order chi connectivity index (χ0) is 20.6. The molecule has 1 aromatic heterocycles. The maximum Gasteiger partial charge on any atom is 0.263 e. The maximum absolute atomic E-state index is 12.5. The lowest BCUT2D eigenvalue weighted by Gasteiger charge is -2.17. The van der Waals surface area contributed by atoms with Crippen LogP contribution in [0.1, 0.15) is 5.56 Å². The third kappa shape index (κ3) is 4.01. The fourth-order valence-electron chi connectivity index (χ4n) is 3.43. The van der Waals surface area contributed by atoms with Crippen LogP contribution in [-0.4, -0.2) is 42.8 Å². The van der Waals surface area contributed by atoms with Gasteiger partial charge in [-0.15, -0.1) is 0 Å². The predicted octanol–water partition coefficient (Wildman–Crippen LogP) is 1.67. The van der Waals surface area contributed by atoms with Crippen LogP contribution in [0, 0.1) is 0 Å². The number of benzene rings is 2. The van der Waals surface area contributed by atoms with Crippen LogP contribution in [-0.2, 0) is 32.9 Å². The molecule has 0 spiro atoms. The number of rotatable bonds is 4. The molecule has 0 fully saturated rings. The average molecular weight is 430 g/mol. The van der Waals surface area contributed by atoms with E-state index in [4.69, 9.17) is 0 Å². The van der Waals surface area contributed by atoms with Gasteiger partial charge in [-0.1, -0.05) is 41.7 Å². The first-order valence-electron chi connectivity index (χ1n) is 9.05. The number of carbonyl (C=O) groups is 2. The van der Waals surface area contributed by atoms with E-state index >= 15 is 0 Å². The molecule has 29 heavy (non-hydrogen) atoms. The second-order valence-electron chi connectivity index (χ2n) is 6.87. The van der Waals surface area contributed by atoms with Crippen molar-refractivity contribution in [3.05, 3.63) is 58.9 Å². The van der Waals surface area contributed by atoms with Crippen LogP contribution in [0.15, 0.2) is 53.5 Å². The SMILES string of the molecule is Cn1c(=NC(=O)CS(=O)(=O)CC(=O)N2CCc3ccccc32)sc2ccccc21. The van der Waals surface area contributed by atoms with Crippen LogP contribution < -0.4 is 9.70 Å². The van der Waals surface area contributed by atoms with Crippen molar-refractivity contribution < 1.29 is 18.0 Å². The summed E-state index contributed by atoms with van der Waals surface area (Å²) in [5.74, 6) is -2.79. The van der Waals surface area contributed by atoms with Crippen LogP contribution >= 0.6 is 11.3 Å². The number of sulfone groups is 1. The number of aryl methyl sites for hydroxylation is 1. The van der Waals surface area contributed by atoms with E-state index in [1.165, 1.54) is 16.2 Å². The fraction of sp³-hybridized carbons (Fsp3) is 0.250.